The predicted molar refractivity (Wildman–Crippen MR) is 103 cm³/mol. The third-order valence-electron chi connectivity index (χ3n) is 3.91. The molecule has 0 saturated heterocycles. The molecular weight excluding hydrogens is 382 g/mol. The van der Waals surface area contributed by atoms with E-state index in [0.717, 1.165) is 26.5 Å². The number of halogens is 1. The van der Waals surface area contributed by atoms with Gasteiger partial charge in [0.25, 0.3) is 0 Å². The van der Waals surface area contributed by atoms with Crippen molar-refractivity contribution in [1.82, 2.24) is 10.3 Å². The van der Waals surface area contributed by atoms with Crippen molar-refractivity contribution in [2.45, 2.75) is 13.3 Å². The Morgan fingerprint density at radius 1 is 1.12 bits per heavy atom. The van der Waals surface area contributed by atoms with E-state index in [9.17, 15) is 9.59 Å². The second kappa shape index (κ2) is 7.53. The fourth-order valence-electron chi connectivity index (χ4n) is 2.62. The van der Waals surface area contributed by atoms with Gasteiger partial charge in [0.1, 0.15) is 0 Å². The Balaban J connectivity index is 1.53. The highest BCUT2D eigenvalue weighted by molar-refractivity contribution is 9.10. The van der Waals surface area contributed by atoms with Crippen LogP contribution in [-0.4, -0.2) is 23.3 Å². The van der Waals surface area contributed by atoms with Crippen molar-refractivity contribution in [3.8, 4) is 0 Å². The SMILES string of the molecule is Cc1cc(NC(=O)CNC(=O)Cc2c[nH]c3ccccc23)ccc1Br. The van der Waals surface area contributed by atoms with Crippen molar-refractivity contribution in [1.29, 1.82) is 0 Å². The summed E-state index contributed by atoms with van der Waals surface area (Å²) in [6.45, 7) is 1.89. The topological polar surface area (TPSA) is 74.0 Å². The molecule has 128 valence electrons. The van der Waals surface area contributed by atoms with Crippen LogP contribution in [-0.2, 0) is 16.0 Å². The zero-order valence-electron chi connectivity index (χ0n) is 13.7. The number of rotatable bonds is 5. The summed E-state index contributed by atoms with van der Waals surface area (Å²) in [6.07, 6.45) is 2.06. The molecule has 3 aromatic rings. The Morgan fingerprint density at radius 2 is 1.92 bits per heavy atom. The second-order valence-corrected chi connectivity index (χ2v) is 6.68. The molecule has 1 aromatic heterocycles. The fraction of sp³-hybridized carbons (Fsp3) is 0.158. The number of anilines is 1. The molecule has 1 heterocycles. The van der Waals surface area contributed by atoms with Gasteiger partial charge in [-0.05, 0) is 42.3 Å². The van der Waals surface area contributed by atoms with Crippen LogP contribution in [0.2, 0.25) is 0 Å². The molecule has 0 spiro atoms. The quantitative estimate of drug-likeness (QED) is 0.613. The number of para-hydroxylation sites is 1. The maximum atomic E-state index is 12.1. The normalized spacial score (nSPS) is 10.6. The minimum atomic E-state index is -0.256. The summed E-state index contributed by atoms with van der Waals surface area (Å²) in [5.41, 5.74) is 3.64. The number of carbonyl (C=O) groups excluding carboxylic acids is 2. The lowest BCUT2D eigenvalue weighted by atomic mass is 10.1. The zero-order valence-corrected chi connectivity index (χ0v) is 15.3. The first-order valence-electron chi connectivity index (χ1n) is 7.90. The number of aromatic nitrogens is 1. The van der Waals surface area contributed by atoms with Gasteiger partial charge in [0.2, 0.25) is 11.8 Å². The molecule has 0 aliphatic heterocycles. The van der Waals surface area contributed by atoms with Gasteiger partial charge in [0, 0.05) is 27.3 Å². The lowest BCUT2D eigenvalue weighted by Gasteiger charge is -2.08. The third kappa shape index (κ3) is 4.28. The van der Waals surface area contributed by atoms with Gasteiger partial charge in [-0.2, -0.15) is 0 Å². The molecule has 5 nitrogen and oxygen atoms in total. The lowest BCUT2D eigenvalue weighted by Crippen LogP contribution is -2.33. The Labute approximate surface area is 153 Å². The molecule has 0 radical (unpaired) electrons. The van der Waals surface area contributed by atoms with Crippen LogP contribution in [0.25, 0.3) is 10.9 Å². The molecule has 0 saturated carbocycles. The first-order valence-corrected chi connectivity index (χ1v) is 8.70. The molecule has 0 unspecified atom stereocenters. The highest BCUT2D eigenvalue weighted by atomic mass is 79.9. The van der Waals surface area contributed by atoms with Crippen LogP contribution < -0.4 is 10.6 Å². The van der Waals surface area contributed by atoms with Gasteiger partial charge >= 0.3 is 0 Å². The van der Waals surface area contributed by atoms with E-state index in [1.54, 1.807) is 0 Å². The molecule has 0 aliphatic carbocycles. The van der Waals surface area contributed by atoms with Crippen LogP contribution in [0.5, 0.6) is 0 Å². The van der Waals surface area contributed by atoms with Crippen LogP contribution in [0.1, 0.15) is 11.1 Å². The Morgan fingerprint density at radius 3 is 2.72 bits per heavy atom. The van der Waals surface area contributed by atoms with E-state index in [1.807, 2.05) is 55.6 Å². The first kappa shape index (κ1) is 17.2. The molecule has 0 atom stereocenters. The van der Waals surface area contributed by atoms with E-state index < -0.39 is 0 Å². The minimum absolute atomic E-state index is 0.0592. The predicted octanol–water partition coefficient (Wildman–Crippen LogP) is 3.54. The Hall–Kier alpha value is -2.60. The maximum Gasteiger partial charge on any atom is 0.243 e. The van der Waals surface area contributed by atoms with Crippen LogP contribution >= 0.6 is 15.9 Å². The molecule has 6 heteroatoms. The van der Waals surface area contributed by atoms with E-state index >= 15 is 0 Å². The summed E-state index contributed by atoms with van der Waals surface area (Å²) in [6, 6.07) is 13.4. The number of fused-ring (bicyclic) bond motifs is 1. The van der Waals surface area contributed by atoms with E-state index in [0.29, 0.717) is 5.69 Å². The van der Waals surface area contributed by atoms with Gasteiger partial charge in [0.05, 0.1) is 13.0 Å². The summed E-state index contributed by atoms with van der Waals surface area (Å²) < 4.78 is 0.984. The largest absolute Gasteiger partial charge is 0.361 e. The maximum absolute atomic E-state index is 12.1. The molecule has 3 N–H and O–H groups in total. The van der Waals surface area contributed by atoms with E-state index in [-0.39, 0.29) is 24.8 Å². The Bertz CT molecular complexity index is 933. The molecular formula is C19H18BrN3O2. The van der Waals surface area contributed by atoms with Crippen LogP contribution in [0.3, 0.4) is 0 Å². The van der Waals surface area contributed by atoms with Gasteiger partial charge in [-0.3, -0.25) is 9.59 Å². The molecule has 25 heavy (non-hydrogen) atoms. The number of benzene rings is 2. The summed E-state index contributed by atoms with van der Waals surface area (Å²) in [7, 11) is 0. The highest BCUT2D eigenvalue weighted by Crippen LogP contribution is 2.20. The zero-order chi connectivity index (χ0) is 17.8. The number of H-pyrrole nitrogens is 1. The van der Waals surface area contributed by atoms with E-state index in [2.05, 4.69) is 31.5 Å². The monoisotopic (exact) mass is 399 g/mol. The van der Waals surface area contributed by atoms with Crippen molar-refractivity contribution in [3.63, 3.8) is 0 Å². The minimum Gasteiger partial charge on any atom is -0.361 e. The number of aromatic amines is 1. The molecule has 2 aromatic carbocycles. The van der Waals surface area contributed by atoms with Gasteiger partial charge in [0.15, 0.2) is 0 Å². The number of hydrogen-bond acceptors (Lipinski definition) is 2. The van der Waals surface area contributed by atoms with Crippen LogP contribution in [0.15, 0.2) is 53.1 Å². The average Bonchev–Trinajstić information content (AvgIpc) is 2.99. The van der Waals surface area contributed by atoms with Gasteiger partial charge < -0.3 is 15.6 Å². The third-order valence-corrected chi connectivity index (χ3v) is 4.80. The van der Waals surface area contributed by atoms with Crippen LogP contribution in [0, 0.1) is 6.92 Å². The number of aryl methyl sites for hydroxylation is 1. The van der Waals surface area contributed by atoms with Crippen molar-refractivity contribution in [2.24, 2.45) is 0 Å². The van der Waals surface area contributed by atoms with Gasteiger partial charge in [-0.25, -0.2) is 0 Å². The first-order chi connectivity index (χ1) is 12.0. The number of hydrogen-bond donors (Lipinski definition) is 3. The fourth-order valence-corrected chi connectivity index (χ4v) is 2.87. The Kier molecular flexibility index (Phi) is 5.19. The molecule has 0 fully saturated rings. The molecule has 2 amide bonds. The van der Waals surface area contributed by atoms with Crippen molar-refractivity contribution < 1.29 is 9.59 Å². The number of nitrogens with one attached hydrogen (secondary N) is 3. The average molecular weight is 400 g/mol. The number of carbonyl (C=O) groups is 2. The molecule has 0 aliphatic rings. The standard InChI is InChI=1S/C19H18BrN3O2/c1-12-8-14(6-7-16(12)20)23-19(25)11-22-18(24)9-13-10-21-17-5-3-2-4-15(13)17/h2-8,10,21H,9,11H2,1H3,(H,22,24)(H,23,25). The summed E-state index contributed by atoms with van der Waals surface area (Å²) in [5, 5.41) is 6.45. The highest BCUT2D eigenvalue weighted by Gasteiger charge is 2.10. The van der Waals surface area contributed by atoms with Crippen molar-refractivity contribution in [2.75, 3.05) is 11.9 Å². The van der Waals surface area contributed by atoms with Crippen molar-refractivity contribution >= 4 is 44.3 Å². The van der Waals surface area contributed by atoms with Crippen molar-refractivity contribution in [3.05, 3.63) is 64.3 Å². The van der Waals surface area contributed by atoms with E-state index in [4.69, 9.17) is 0 Å². The molecule has 0 bridgehead atoms. The summed E-state index contributed by atoms with van der Waals surface area (Å²) >= 11 is 3.42. The second-order valence-electron chi connectivity index (χ2n) is 5.83. The number of amides is 2. The molecule has 3 rings (SSSR count). The van der Waals surface area contributed by atoms with Crippen LogP contribution in [0.4, 0.5) is 5.69 Å². The van der Waals surface area contributed by atoms with Gasteiger partial charge in [-0.1, -0.05) is 34.1 Å². The summed E-state index contributed by atoms with van der Waals surface area (Å²) in [4.78, 5) is 27.2. The summed E-state index contributed by atoms with van der Waals surface area (Å²) in [5.74, 6) is -0.444. The lowest BCUT2D eigenvalue weighted by molar-refractivity contribution is -0.123. The van der Waals surface area contributed by atoms with Gasteiger partial charge in [-0.15, -0.1) is 0 Å². The smallest absolute Gasteiger partial charge is 0.243 e. The van der Waals surface area contributed by atoms with E-state index in [1.165, 1.54) is 0 Å².